The van der Waals surface area contributed by atoms with Crippen LogP contribution in [0.25, 0.3) is 0 Å². The van der Waals surface area contributed by atoms with Crippen LogP contribution < -0.4 is 10.6 Å². The summed E-state index contributed by atoms with van der Waals surface area (Å²) in [5.74, 6) is 0.904. The molecule has 1 aromatic rings. The van der Waals surface area contributed by atoms with E-state index in [1.54, 1.807) is 0 Å². The first-order valence-electron chi connectivity index (χ1n) is 7.32. The second kappa shape index (κ2) is 5.33. The average molecular weight is 258 g/mol. The highest BCUT2D eigenvalue weighted by atomic mass is 16.2. The zero-order chi connectivity index (χ0) is 13.2. The Morgan fingerprint density at radius 1 is 1.26 bits per heavy atom. The number of carbonyl (C=O) groups is 1. The van der Waals surface area contributed by atoms with E-state index >= 15 is 0 Å². The Labute approximate surface area is 114 Å². The number of rotatable bonds is 3. The molecule has 0 spiro atoms. The molecule has 1 saturated carbocycles. The van der Waals surface area contributed by atoms with Crippen molar-refractivity contribution < 1.29 is 4.79 Å². The van der Waals surface area contributed by atoms with Gasteiger partial charge in [-0.25, -0.2) is 0 Å². The van der Waals surface area contributed by atoms with Gasteiger partial charge in [0.05, 0.1) is 0 Å². The minimum Gasteiger partial charge on any atom is -0.353 e. The van der Waals surface area contributed by atoms with E-state index in [4.69, 9.17) is 0 Å². The molecule has 3 rings (SSSR count). The molecule has 2 N–H and O–H groups in total. The van der Waals surface area contributed by atoms with E-state index in [-0.39, 0.29) is 11.8 Å². The number of piperidine rings is 1. The highest BCUT2D eigenvalue weighted by Gasteiger charge is 2.44. The predicted octanol–water partition coefficient (Wildman–Crippen LogP) is 2.05. The Balaban J connectivity index is 1.52. The van der Waals surface area contributed by atoms with Crippen LogP contribution in [0.15, 0.2) is 30.3 Å². The highest BCUT2D eigenvalue weighted by Crippen LogP contribution is 2.47. The molecular formula is C16H22N2O. The molecule has 3 heteroatoms. The van der Waals surface area contributed by atoms with Crippen LogP contribution in [0.2, 0.25) is 0 Å². The van der Waals surface area contributed by atoms with Crippen molar-refractivity contribution in [2.75, 3.05) is 6.54 Å². The third kappa shape index (κ3) is 2.98. The molecule has 2 aliphatic rings. The quantitative estimate of drug-likeness (QED) is 0.871. The summed E-state index contributed by atoms with van der Waals surface area (Å²) >= 11 is 0. The topological polar surface area (TPSA) is 41.1 Å². The van der Waals surface area contributed by atoms with Crippen LogP contribution in [0, 0.1) is 5.92 Å². The standard InChI is InChI=1S/C16H22N2O/c1-11-9-13(7-8-17-11)18-16(19)15-10-14(15)12-5-3-2-4-6-12/h2-6,11,13-15,17H,7-10H2,1H3,(H,18,19). The Kier molecular flexibility index (Phi) is 3.56. The third-order valence-corrected chi connectivity index (χ3v) is 4.32. The van der Waals surface area contributed by atoms with Crippen LogP contribution in [0.4, 0.5) is 0 Å². The number of nitrogens with one attached hydrogen (secondary N) is 2. The molecule has 0 radical (unpaired) electrons. The van der Waals surface area contributed by atoms with Gasteiger partial charge in [0.2, 0.25) is 5.91 Å². The number of carbonyl (C=O) groups excluding carboxylic acids is 1. The van der Waals surface area contributed by atoms with Crippen molar-refractivity contribution in [2.45, 2.75) is 44.2 Å². The van der Waals surface area contributed by atoms with E-state index in [1.165, 1.54) is 5.56 Å². The summed E-state index contributed by atoms with van der Waals surface area (Å²) in [6, 6.07) is 11.3. The van der Waals surface area contributed by atoms with Gasteiger partial charge in [-0.15, -0.1) is 0 Å². The van der Waals surface area contributed by atoms with Crippen LogP contribution in [0.3, 0.4) is 0 Å². The molecule has 3 nitrogen and oxygen atoms in total. The second-order valence-corrected chi connectivity index (χ2v) is 5.94. The molecule has 1 aromatic carbocycles. The number of hydrogen-bond acceptors (Lipinski definition) is 2. The Morgan fingerprint density at radius 2 is 2.05 bits per heavy atom. The Morgan fingerprint density at radius 3 is 2.79 bits per heavy atom. The largest absolute Gasteiger partial charge is 0.353 e. The molecule has 2 fully saturated rings. The van der Waals surface area contributed by atoms with Crippen LogP contribution in [-0.4, -0.2) is 24.5 Å². The molecule has 1 heterocycles. The zero-order valence-electron chi connectivity index (χ0n) is 11.4. The normalized spacial score (nSPS) is 33.7. The van der Waals surface area contributed by atoms with Gasteiger partial charge in [0.25, 0.3) is 0 Å². The lowest BCUT2D eigenvalue weighted by atomic mass is 10.0. The Hall–Kier alpha value is -1.35. The van der Waals surface area contributed by atoms with Gasteiger partial charge in [0.1, 0.15) is 0 Å². The van der Waals surface area contributed by atoms with Gasteiger partial charge in [-0.1, -0.05) is 30.3 Å². The fourth-order valence-corrected chi connectivity index (χ4v) is 3.12. The lowest BCUT2D eigenvalue weighted by molar-refractivity contribution is -0.123. The van der Waals surface area contributed by atoms with E-state index in [0.717, 1.165) is 25.8 Å². The molecule has 4 unspecified atom stereocenters. The number of hydrogen-bond donors (Lipinski definition) is 2. The maximum absolute atomic E-state index is 12.2. The zero-order valence-corrected chi connectivity index (χ0v) is 11.4. The molecule has 1 amide bonds. The molecule has 19 heavy (non-hydrogen) atoms. The summed E-state index contributed by atoms with van der Waals surface area (Å²) in [6.07, 6.45) is 3.11. The van der Waals surface area contributed by atoms with E-state index < -0.39 is 0 Å². The summed E-state index contributed by atoms with van der Waals surface area (Å²) in [5.41, 5.74) is 1.31. The maximum Gasteiger partial charge on any atom is 0.223 e. The fraction of sp³-hybridized carbons (Fsp3) is 0.562. The van der Waals surface area contributed by atoms with Crippen molar-refractivity contribution in [2.24, 2.45) is 5.92 Å². The third-order valence-electron chi connectivity index (χ3n) is 4.32. The molecule has 1 saturated heterocycles. The molecule has 1 aliphatic carbocycles. The summed E-state index contributed by atoms with van der Waals surface area (Å²) in [4.78, 5) is 12.2. The van der Waals surface area contributed by atoms with Gasteiger partial charge in [-0.05, 0) is 44.2 Å². The van der Waals surface area contributed by atoms with Gasteiger partial charge in [0, 0.05) is 18.0 Å². The molecule has 0 aromatic heterocycles. The second-order valence-electron chi connectivity index (χ2n) is 5.94. The van der Waals surface area contributed by atoms with Crippen molar-refractivity contribution in [3.63, 3.8) is 0 Å². The van der Waals surface area contributed by atoms with Crippen LogP contribution in [-0.2, 0) is 4.79 Å². The molecule has 4 atom stereocenters. The lowest BCUT2D eigenvalue weighted by Gasteiger charge is -2.28. The van der Waals surface area contributed by atoms with Crippen molar-refractivity contribution >= 4 is 5.91 Å². The number of benzene rings is 1. The summed E-state index contributed by atoms with van der Waals surface area (Å²) in [5, 5.41) is 6.65. The van der Waals surface area contributed by atoms with E-state index in [9.17, 15) is 4.79 Å². The van der Waals surface area contributed by atoms with Crippen molar-refractivity contribution in [1.29, 1.82) is 0 Å². The summed E-state index contributed by atoms with van der Waals surface area (Å²) < 4.78 is 0. The minimum absolute atomic E-state index is 0.201. The molecule has 0 bridgehead atoms. The van der Waals surface area contributed by atoms with Gasteiger partial charge in [0.15, 0.2) is 0 Å². The molecule has 102 valence electrons. The number of amides is 1. The average Bonchev–Trinajstić information content (AvgIpc) is 3.20. The van der Waals surface area contributed by atoms with Crippen LogP contribution in [0.1, 0.15) is 37.7 Å². The van der Waals surface area contributed by atoms with Gasteiger partial charge < -0.3 is 10.6 Å². The SMILES string of the molecule is CC1CC(NC(=O)C2CC2c2ccccc2)CCN1. The van der Waals surface area contributed by atoms with E-state index in [0.29, 0.717) is 18.0 Å². The van der Waals surface area contributed by atoms with E-state index in [2.05, 4.69) is 41.8 Å². The Bertz CT molecular complexity index is 445. The van der Waals surface area contributed by atoms with Gasteiger partial charge >= 0.3 is 0 Å². The fourth-order valence-electron chi connectivity index (χ4n) is 3.12. The van der Waals surface area contributed by atoms with Gasteiger partial charge in [-0.3, -0.25) is 4.79 Å². The summed E-state index contributed by atoms with van der Waals surface area (Å²) in [6.45, 7) is 3.20. The first kappa shape index (κ1) is 12.7. The highest BCUT2D eigenvalue weighted by molar-refractivity contribution is 5.83. The van der Waals surface area contributed by atoms with Crippen LogP contribution in [0.5, 0.6) is 0 Å². The predicted molar refractivity (Wildman–Crippen MR) is 75.9 cm³/mol. The first-order chi connectivity index (χ1) is 9.24. The van der Waals surface area contributed by atoms with E-state index in [1.807, 2.05) is 6.07 Å². The van der Waals surface area contributed by atoms with Crippen molar-refractivity contribution in [3.8, 4) is 0 Å². The molecule has 1 aliphatic heterocycles. The van der Waals surface area contributed by atoms with Crippen molar-refractivity contribution in [1.82, 2.24) is 10.6 Å². The monoisotopic (exact) mass is 258 g/mol. The minimum atomic E-state index is 0.201. The molecular weight excluding hydrogens is 236 g/mol. The smallest absolute Gasteiger partial charge is 0.223 e. The van der Waals surface area contributed by atoms with Gasteiger partial charge in [-0.2, -0.15) is 0 Å². The van der Waals surface area contributed by atoms with Crippen LogP contribution >= 0.6 is 0 Å². The lowest BCUT2D eigenvalue weighted by Crippen LogP contribution is -2.47. The first-order valence-corrected chi connectivity index (χ1v) is 7.32. The summed E-state index contributed by atoms with van der Waals surface area (Å²) in [7, 11) is 0. The van der Waals surface area contributed by atoms with Crippen molar-refractivity contribution in [3.05, 3.63) is 35.9 Å². The maximum atomic E-state index is 12.2.